The molecule has 0 fully saturated rings. The van der Waals surface area contributed by atoms with Crippen LogP contribution in [0, 0.1) is 5.82 Å². The Morgan fingerprint density at radius 1 is 1.23 bits per heavy atom. The minimum Gasteiger partial charge on any atom is -0.497 e. The number of rotatable bonds is 3. The van der Waals surface area contributed by atoms with E-state index in [-0.39, 0.29) is 18.2 Å². The Bertz CT molecular complexity index is 1010. The average molecular weight is 367 g/mol. The van der Waals surface area contributed by atoms with Gasteiger partial charge < -0.3 is 9.47 Å². The monoisotopic (exact) mass is 367 g/mol. The third-order valence-electron chi connectivity index (χ3n) is 4.04. The highest BCUT2D eigenvalue weighted by Gasteiger charge is 2.24. The van der Waals surface area contributed by atoms with Crippen molar-refractivity contribution in [2.45, 2.75) is 0 Å². The number of ether oxygens (including phenoxy) is 2. The summed E-state index contributed by atoms with van der Waals surface area (Å²) in [5.74, 6) is 0.778. The lowest BCUT2D eigenvalue weighted by atomic mass is 9.99. The molecule has 1 aliphatic heterocycles. The highest BCUT2D eigenvalue weighted by molar-refractivity contribution is 7.13. The highest BCUT2D eigenvalue weighted by Crippen LogP contribution is 2.32. The summed E-state index contributed by atoms with van der Waals surface area (Å²) < 4.78 is 23.9. The minimum absolute atomic E-state index is 0.0958. The van der Waals surface area contributed by atoms with E-state index in [1.165, 1.54) is 23.5 Å². The van der Waals surface area contributed by atoms with Gasteiger partial charge in [0.2, 0.25) is 0 Å². The number of carbonyl (C=O) groups excluding carboxylic acids is 1. The van der Waals surface area contributed by atoms with E-state index in [1.54, 1.807) is 43.5 Å². The van der Waals surface area contributed by atoms with Crippen LogP contribution in [-0.4, -0.2) is 24.5 Å². The van der Waals surface area contributed by atoms with Crippen LogP contribution in [0.25, 0.3) is 16.6 Å². The van der Waals surface area contributed by atoms with Crippen molar-refractivity contribution < 1.29 is 18.7 Å². The molecule has 4 nitrogen and oxygen atoms in total. The lowest BCUT2D eigenvalue weighted by Crippen LogP contribution is -2.19. The molecule has 3 aromatic rings. The molecule has 0 amide bonds. The molecule has 0 spiro atoms. The van der Waals surface area contributed by atoms with E-state index >= 15 is 0 Å². The van der Waals surface area contributed by atoms with Crippen molar-refractivity contribution in [2.24, 2.45) is 0 Å². The Kier molecular flexibility index (Phi) is 4.26. The second-order valence-corrected chi connectivity index (χ2v) is 6.59. The van der Waals surface area contributed by atoms with Crippen LogP contribution in [-0.2, 0) is 0 Å². The number of ketones is 1. The molecule has 0 atom stereocenters. The van der Waals surface area contributed by atoms with Gasteiger partial charge in [-0.2, -0.15) is 0 Å². The number of hydrogen-bond donors (Lipinski definition) is 0. The second kappa shape index (κ2) is 6.72. The van der Waals surface area contributed by atoms with E-state index < -0.39 is 0 Å². The molecule has 0 radical (unpaired) electrons. The number of aromatic nitrogens is 1. The number of thiazole rings is 1. The molecule has 4 rings (SSSR count). The van der Waals surface area contributed by atoms with Crippen LogP contribution in [0.3, 0.4) is 0 Å². The summed E-state index contributed by atoms with van der Waals surface area (Å²) in [6.45, 7) is 0.196. The van der Waals surface area contributed by atoms with Gasteiger partial charge in [0.1, 0.15) is 28.9 Å². The van der Waals surface area contributed by atoms with E-state index in [4.69, 9.17) is 9.47 Å². The smallest absolute Gasteiger partial charge is 0.196 e. The molecule has 0 saturated carbocycles. The third-order valence-corrected chi connectivity index (χ3v) is 4.95. The van der Waals surface area contributed by atoms with E-state index in [0.717, 1.165) is 10.6 Å². The first-order valence-electron chi connectivity index (χ1n) is 7.91. The summed E-state index contributed by atoms with van der Waals surface area (Å²) in [6.07, 6.45) is 1.73. The van der Waals surface area contributed by atoms with Crippen LogP contribution < -0.4 is 9.47 Å². The number of hydrogen-bond acceptors (Lipinski definition) is 5. The van der Waals surface area contributed by atoms with Gasteiger partial charge in [0.25, 0.3) is 0 Å². The van der Waals surface area contributed by atoms with Gasteiger partial charge in [-0.3, -0.25) is 4.79 Å². The quantitative estimate of drug-likeness (QED) is 0.634. The average Bonchev–Trinajstić information content (AvgIpc) is 3.13. The van der Waals surface area contributed by atoms with Gasteiger partial charge in [-0.1, -0.05) is 0 Å². The van der Waals surface area contributed by atoms with Crippen LogP contribution >= 0.6 is 11.3 Å². The zero-order chi connectivity index (χ0) is 18.1. The number of Topliss-reactive ketones (excluding diaryl/α,β-unsaturated/α-hetero) is 1. The molecule has 0 saturated heterocycles. The van der Waals surface area contributed by atoms with Gasteiger partial charge in [0.05, 0.1) is 18.4 Å². The van der Waals surface area contributed by atoms with Gasteiger partial charge in [-0.05, 0) is 48.5 Å². The summed E-state index contributed by atoms with van der Waals surface area (Å²) in [6, 6.07) is 11.3. The SMILES string of the molecule is COc1ccc2c(c1)C(=O)/C(=C/c1csc(-c3ccc(F)cc3)n1)CO2. The van der Waals surface area contributed by atoms with E-state index in [2.05, 4.69) is 4.98 Å². The normalized spacial score (nSPS) is 14.8. The number of methoxy groups -OCH3 is 1. The topological polar surface area (TPSA) is 48.4 Å². The van der Waals surface area contributed by atoms with Crippen molar-refractivity contribution >= 4 is 23.2 Å². The first-order chi connectivity index (χ1) is 12.6. The standard InChI is InChI=1S/C20H14FNO3S/c1-24-16-6-7-18-17(9-16)19(23)13(10-25-18)8-15-11-26-20(22-15)12-2-4-14(21)5-3-12/h2-9,11H,10H2,1H3/b13-8+. The maximum absolute atomic E-state index is 13.0. The molecule has 1 aliphatic rings. The van der Waals surface area contributed by atoms with E-state index in [1.807, 2.05) is 5.38 Å². The third kappa shape index (κ3) is 3.11. The van der Waals surface area contributed by atoms with E-state index in [9.17, 15) is 9.18 Å². The van der Waals surface area contributed by atoms with Crippen LogP contribution in [0.5, 0.6) is 11.5 Å². The summed E-state index contributed by atoms with van der Waals surface area (Å²) in [5, 5.41) is 2.63. The Balaban J connectivity index is 1.63. The molecule has 26 heavy (non-hydrogen) atoms. The Labute approximate surface area is 153 Å². The molecular formula is C20H14FNO3S. The fourth-order valence-electron chi connectivity index (χ4n) is 2.70. The van der Waals surface area contributed by atoms with Gasteiger partial charge in [0, 0.05) is 16.5 Å². The number of fused-ring (bicyclic) bond motifs is 1. The molecule has 0 aliphatic carbocycles. The summed E-state index contributed by atoms with van der Waals surface area (Å²) in [5.41, 5.74) is 2.52. The largest absolute Gasteiger partial charge is 0.497 e. The molecule has 0 unspecified atom stereocenters. The predicted octanol–water partition coefficient (Wildman–Crippen LogP) is 4.62. The number of nitrogens with zero attached hydrogens (tertiary/aromatic N) is 1. The van der Waals surface area contributed by atoms with Gasteiger partial charge in [0.15, 0.2) is 5.78 Å². The Morgan fingerprint density at radius 2 is 2.04 bits per heavy atom. The summed E-state index contributed by atoms with van der Waals surface area (Å²) in [7, 11) is 1.55. The Morgan fingerprint density at radius 3 is 2.81 bits per heavy atom. The first-order valence-corrected chi connectivity index (χ1v) is 8.79. The van der Waals surface area contributed by atoms with Gasteiger partial charge in [-0.25, -0.2) is 9.37 Å². The number of halogens is 1. The number of carbonyl (C=O) groups is 1. The summed E-state index contributed by atoms with van der Waals surface area (Å²) in [4.78, 5) is 17.2. The minimum atomic E-state index is -0.285. The molecule has 2 aromatic carbocycles. The van der Waals surface area contributed by atoms with Crippen molar-refractivity contribution in [3.63, 3.8) is 0 Å². The highest BCUT2D eigenvalue weighted by atomic mass is 32.1. The maximum Gasteiger partial charge on any atom is 0.196 e. The van der Waals surface area contributed by atoms with Crippen molar-refractivity contribution in [2.75, 3.05) is 13.7 Å². The molecule has 6 heteroatoms. The van der Waals surface area contributed by atoms with Crippen molar-refractivity contribution in [1.82, 2.24) is 4.98 Å². The molecule has 0 bridgehead atoms. The van der Waals surface area contributed by atoms with Crippen molar-refractivity contribution in [3.05, 3.63) is 70.5 Å². The molecule has 1 aromatic heterocycles. The van der Waals surface area contributed by atoms with Crippen LogP contribution in [0.2, 0.25) is 0 Å². The molecular weight excluding hydrogens is 353 g/mol. The van der Waals surface area contributed by atoms with E-state index in [0.29, 0.717) is 28.3 Å². The van der Waals surface area contributed by atoms with Crippen LogP contribution in [0.1, 0.15) is 16.1 Å². The second-order valence-electron chi connectivity index (χ2n) is 5.73. The zero-order valence-electron chi connectivity index (χ0n) is 13.9. The fraction of sp³-hybridized carbons (Fsp3) is 0.100. The summed E-state index contributed by atoms with van der Waals surface area (Å²) >= 11 is 1.44. The van der Waals surface area contributed by atoms with Crippen molar-refractivity contribution in [1.29, 1.82) is 0 Å². The molecule has 0 N–H and O–H groups in total. The lowest BCUT2D eigenvalue weighted by molar-refractivity contribution is 0.100. The van der Waals surface area contributed by atoms with Crippen molar-refractivity contribution in [3.8, 4) is 22.1 Å². The molecule has 130 valence electrons. The zero-order valence-corrected chi connectivity index (χ0v) is 14.7. The van der Waals surface area contributed by atoms with Crippen LogP contribution in [0.4, 0.5) is 4.39 Å². The first kappa shape index (κ1) is 16.5. The lowest BCUT2D eigenvalue weighted by Gasteiger charge is -2.19. The maximum atomic E-state index is 13.0. The fourth-order valence-corrected chi connectivity index (χ4v) is 3.48. The molecule has 2 heterocycles. The van der Waals surface area contributed by atoms with Crippen LogP contribution in [0.15, 0.2) is 53.4 Å². The number of benzene rings is 2. The van der Waals surface area contributed by atoms with Gasteiger partial charge in [-0.15, -0.1) is 11.3 Å². The Hall–Kier alpha value is -2.99. The predicted molar refractivity (Wildman–Crippen MR) is 98.3 cm³/mol. The van der Waals surface area contributed by atoms with Gasteiger partial charge >= 0.3 is 0 Å².